The molecule has 2 aromatic rings. The summed E-state index contributed by atoms with van der Waals surface area (Å²) >= 11 is 7.45. The Hall–Kier alpha value is -0.370. The van der Waals surface area contributed by atoms with Crippen LogP contribution >= 0.6 is 35.3 Å². The van der Waals surface area contributed by atoms with Gasteiger partial charge in [-0.1, -0.05) is 11.6 Å². The van der Waals surface area contributed by atoms with Crippen molar-refractivity contribution in [1.29, 1.82) is 0 Å². The van der Waals surface area contributed by atoms with Crippen molar-refractivity contribution in [3.05, 3.63) is 28.6 Å². The van der Waals surface area contributed by atoms with Crippen LogP contribution in [0, 0.1) is 0 Å². The van der Waals surface area contributed by atoms with Crippen molar-refractivity contribution in [3.63, 3.8) is 0 Å². The third-order valence-electron chi connectivity index (χ3n) is 4.58. The van der Waals surface area contributed by atoms with E-state index in [0.29, 0.717) is 27.4 Å². The standard InChI is InChI=1S/C15H17ClN2O2S2.ClH/c16-9-1-4-14-13(5-9)15(8-21-14)22(19,20)18-12-6-10-2-3-11(7-12)17-10;/h1,4-5,8,10-12,17-18H,2-3,6-7H2;1H. The van der Waals surface area contributed by atoms with Crippen molar-refractivity contribution in [2.45, 2.75) is 48.7 Å². The number of hydrogen-bond acceptors (Lipinski definition) is 4. The van der Waals surface area contributed by atoms with Gasteiger partial charge in [0.1, 0.15) is 4.90 Å². The number of thiophene rings is 1. The van der Waals surface area contributed by atoms with Gasteiger partial charge < -0.3 is 5.32 Å². The highest BCUT2D eigenvalue weighted by molar-refractivity contribution is 7.90. The van der Waals surface area contributed by atoms with E-state index in [0.717, 1.165) is 30.4 Å². The lowest BCUT2D eigenvalue weighted by molar-refractivity contribution is 0.345. The predicted molar refractivity (Wildman–Crippen MR) is 97.4 cm³/mol. The molecule has 2 bridgehead atoms. The Kier molecular flexibility index (Phi) is 4.93. The van der Waals surface area contributed by atoms with Crippen LogP contribution in [-0.2, 0) is 10.0 Å². The summed E-state index contributed by atoms with van der Waals surface area (Å²) in [5, 5.41) is 6.50. The Morgan fingerprint density at radius 3 is 2.61 bits per heavy atom. The first-order valence-corrected chi connectivity index (χ1v) is 10.2. The molecule has 0 saturated carbocycles. The van der Waals surface area contributed by atoms with Gasteiger partial charge >= 0.3 is 0 Å². The second-order valence-electron chi connectivity index (χ2n) is 6.17. The average molecular weight is 393 g/mol. The Labute approximate surface area is 151 Å². The van der Waals surface area contributed by atoms with Crippen LogP contribution in [0.25, 0.3) is 10.1 Å². The highest BCUT2D eigenvalue weighted by Crippen LogP contribution is 2.33. The van der Waals surface area contributed by atoms with E-state index in [2.05, 4.69) is 10.0 Å². The normalized spacial score (nSPS) is 27.1. The number of rotatable bonds is 3. The van der Waals surface area contributed by atoms with E-state index in [1.54, 1.807) is 17.5 Å². The molecule has 3 heterocycles. The lowest BCUT2D eigenvalue weighted by Gasteiger charge is -2.29. The number of piperidine rings is 1. The minimum atomic E-state index is -3.51. The molecule has 0 amide bonds. The molecule has 2 saturated heterocycles. The van der Waals surface area contributed by atoms with Gasteiger partial charge in [0.05, 0.1) is 0 Å². The van der Waals surface area contributed by atoms with Gasteiger partial charge in [-0.15, -0.1) is 23.7 Å². The van der Waals surface area contributed by atoms with Crippen molar-refractivity contribution in [2.75, 3.05) is 0 Å². The Bertz CT molecular complexity index is 810. The summed E-state index contributed by atoms with van der Waals surface area (Å²) in [6, 6.07) is 6.33. The molecule has 2 unspecified atom stereocenters. The van der Waals surface area contributed by atoms with Gasteiger partial charge in [-0.3, -0.25) is 0 Å². The van der Waals surface area contributed by atoms with Crippen molar-refractivity contribution < 1.29 is 8.42 Å². The highest BCUT2D eigenvalue weighted by atomic mass is 35.5. The maximum Gasteiger partial charge on any atom is 0.242 e. The van der Waals surface area contributed by atoms with Gasteiger partial charge in [0.15, 0.2) is 0 Å². The molecule has 1 aromatic heterocycles. The van der Waals surface area contributed by atoms with Crippen LogP contribution in [-0.4, -0.2) is 26.5 Å². The molecule has 126 valence electrons. The van der Waals surface area contributed by atoms with Gasteiger partial charge in [0.2, 0.25) is 10.0 Å². The van der Waals surface area contributed by atoms with Gasteiger partial charge in [0.25, 0.3) is 0 Å². The molecule has 23 heavy (non-hydrogen) atoms. The van der Waals surface area contributed by atoms with Crippen LogP contribution in [0.15, 0.2) is 28.5 Å². The van der Waals surface area contributed by atoms with E-state index in [4.69, 9.17) is 11.6 Å². The van der Waals surface area contributed by atoms with Crippen molar-refractivity contribution in [2.24, 2.45) is 0 Å². The molecule has 2 fully saturated rings. The summed E-state index contributed by atoms with van der Waals surface area (Å²) in [6.45, 7) is 0. The number of benzene rings is 1. The third-order valence-corrected chi connectivity index (χ3v) is 7.49. The largest absolute Gasteiger partial charge is 0.311 e. The zero-order chi connectivity index (χ0) is 15.3. The quantitative estimate of drug-likeness (QED) is 0.839. The molecule has 8 heteroatoms. The zero-order valence-electron chi connectivity index (χ0n) is 12.3. The fourth-order valence-corrected chi connectivity index (χ4v) is 6.53. The smallest absolute Gasteiger partial charge is 0.242 e. The molecular weight excluding hydrogens is 375 g/mol. The lowest BCUT2D eigenvalue weighted by atomic mass is 10.0. The number of sulfonamides is 1. The SMILES string of the molecule is Cl.O=S(=O)(NC1CC2CCC(C1)N2)c1csc2ccc(Cl)cc12. The fourth-order valence-electron chi connectivity index (χ4n) is 3.62. The molecule has 0 spiro atoms. The first-order chi connectivity index (χ1) is 10.5. The van der Waals surface area contributed by atoms with Crippen LogP contribution in [0.3, 0.4) is 0 Å². The molecule has 2 N–H and O–H groups in total. The van der Waals surface area contributed by atoms with Crippen LogP contribution in [0.2, 0.25) is 5.02 Å². The van der Waals surface area contributed by atoms with Crippen LogP contribution in [0.5, 0.6) is 0 Å². The van der Waals surface area contributed by atoms with Gasteiger partial charge in [-0.25, -0.2) is 13.1 Å². The Morgan fingerprint density at radius 1 is 1.22 bits per heavy atom. The summed E-state index contributed by atoms with van der Waals surface area (Å²) in [4.78, 5) is 0.348. The monoisotopic (exact) mass is 392 g/mol. The van der Waals surface area contributed by atoms with Crippen LogP contribution in [0.4, 0.5) is 0 Å². The summed E-state index contributed by atoms with van der Waals surface area (Å²) < 4.78 is 29.4. The molecule has 2 aliphatic heterocycles. The minimum absolute atomic E-state index is 0. The molecule has 0 radical (unpaired) electrons. The first-order valence-electron chi connectivity index (χ1n) is 7.46. The van der Waals surface area contributed by atoms with E-state index >= 15 is 0 Å². The highest BCUT2D eigenvalue weighted by Gasteiger charge is 2.35. The van der Waals surface area contributed by atoms with E-state index < -0.39 is 10.0 Å². The summed E-state index contributed by atoms with van der Waals surface area (Å²) in [5.74, 6) is 0. The Morgan fingerprint density at radius 2 is 1.91 bits per heavy atom. The molecule has 4 nitrogen and oxygen atoms in total. The summed E-state index contributed by atoms with van der Waals surface area (Å²) in [7, 11) is -3.51. The summed E-state index contributed by atoms with van der Waals surface area (Å²) in [5.41, 5.74) is 0. The molecule has 0 aliphatic carbocycles. The van der Waals surface area contributed by atoms with Crippen molar-refractivity contribution in [3.8, 4) is 0 Å². The second kappa shape index (κ2) is 6.50. The number of nitrogens with one attached hydrogen (secondary N) is 2. The maximum atomic E-state index is 12.8. The summed E-state index contributed by atoms with van der Waals surface area (Å²) in [6.07, 6.45) is 4.05. The van der Waals surface area contributed by atoms with Gasteiger partial charge in [-0.2, -0.15) is 0 Å². The van der Waals surface area contributed by atoms with E-state index in [1.165, 1.54) is 11.3 Å². The van der Waals surface area contributed by atoms with E-state index in [9.17, 15) is 8.42 Å². The molecule has 4 rings (SSSR count). The van der Waals surface area contributed by atoms with Crippen LogP contribution < -0.4 is 10.0 Å². The fraction of sp³-hybridized carbons (Fsp3) is 0.467. The predicted octanol–water partition coefficient (Wildman–Crippen LogP) is 3.54. The minimum Gasteiger partial charge on any atom is -0.311 e. The van der Waals surface area contributed by atoms with E-state index in [-0.39, 0.29) is 18.4 Å². The lowest BCUT2D eigenvalue weighted by Crippen LogP contribution is -2.47. The molecule has 2 atom stereocenters. The average Bonchev–Trinajstić information content (AvgIpc) is 3.01. The van der Waals surface area contributed by atoms with Gasteiger partial charge in [-0.05, 0) is 43.9 Å². The molecular formula is C15H18Cl2N2O2S2. The number of halogens is 2. The van der Waals surface area contributed by atoms with Crippen molar-refractivity contribution >= 4 is 55.5 Å². The second-order valence-corrected chi connectivity index (χ2v) is 9.20. The third kappa shape index (κ3) is 3.38. The van der Waals surface area contributed by atoms with Crippen LogP contribution in [0.1, 0.15) is 25.7 Å². The first kappa shape index (κ1) is 17.5. The Balaban J connectivity index is 0.00000156. The van der Waals surface area contributed by atoms with Crippen molar-refractivity contribution in [1.82, 2.24) is 10.0 Å². The number of fused-ring (bicyclic) bond motifs is 3. The van der Waals surface area contributed by atoms with Gasteiger partial charge in [0, 0.05) is 38.6 Å². The van der Waals surface area contributed by atoms with E-state index in [1.807, 2.05) is 6.07 Å². The number of hydrogen-bond donors (Lipinski definition) is 2. The molecule has 1 aromatic carbocycles. The topological polar surface area (TPSA) is 58.2 Å². The molecule has 2 aliphatic rings. The zero-order valence-corrected chi connectivity index (χ0v) is 15.5. The maximum absolute atomic E-state index is 12.8.